The smallest absolute Gasteiger partial charge is 0.246 e. The molecule has 0 radical (unpaired) electrons. The van der Waals surface area contributed by atoms with Gasteiger partial charge in [0.25, 0.3) is 0 Å². The molecule has 4 aromatic rings. The summed E-state index contributed by atoms with van der Waals surface area (Å²) in [6.07, 6.45) is 1.88. The second kappa shape index (κ2) is 7.74. The predicted molar refractivity (Wildman–Crippen MR) is 97.0 cm³/mol. The Morgan fingerprint density at radius 3 is 2.75 bits per heavy atom. The van der Waals surface area contributed by atoms with Crippen molar-refractivity contribution >= 4 is 5.91 Å². The molecular weight excluding hydrogens is 360 g/mol. The van der Waals surface area contributed by atoms with Gasteiger partial charge in [0.15, 0.2) is 5.82 Å². The maximum atomic E-state index is 12.2. The molecule has 0 aliphatic rings. The lowest BCUT2D eigenvalue weighted by Gasteiger charge is -2.05. The number of rotatable bonds is 6. The quantitative estimate of drug-likeness (QED) is 0.533. The Balaban J connectivity index is 1.32. The molecular formula is C18H16N8O2. The van der Waals surface area contributed by atoms with E-state index >= 15 is 0 Å². The monoisotopic (exact) mass is 376 g/mol. The van der Waals surface area contributed by atoms with E-state index in [9.17, 15) is 4.79 Å². The number of benzene rings is 1. The van der Waals surface area contributed by atoms with Gasteiger partial charge < -0.3 is 9.84 Å². The Labute approximate surface area is 159 Å². The number of aryl methyl sites for hydroxylation is 1. The number of amides is 1. The van der Waals surface area contributed by atoms with Gasteiger partial charge in [-0.3, -0.25) is 9.78 Å². The van der Waals surface area contributed by atoms with Gasteiger partial charge >= 0.3 is 0 Å². The van der Waals surface area contributed by atoms with Gasteiger partial charge in [-0.15, -0.1) is 5.10 Å². The van der Waals surface area contributed by atoms with Crippen LogP contribution in [0.4, 0.5) is 0 Å². The summed E-state index contributed by atoms with van der Waals surface area (Å²) in [5.41, 5.74) is 2.31. The van der Waals surface area contributed by atoms with Crippen LogP contribution < -0.4 is 5.32 Å². The van der Waals surface area contributed by atoms with E-state index in [-0.39, 0.29) is 18.9 Å². The number of aromatic nitrogens is 7. The van der Waals surface area contributed by atoms with Gasteiger partial charge in [-0.1, -0.05) is 23.4 Å². The van der Waals surface area contributed by atoms with Crippen molar-refractivity contribution in [1.82, 2.24) is 40.6 Å². The first-order valence-electron chi connectivity index (χ1n) is 8.54. The summed E-state index contributed by atoms with van der Waals surface area (Å²) in [7, 11) is 0. The summed E-state index contributed by atoms with van der Waals surface area (Å²) in [4.78, 5) is 20.6. The second-order valence-corrected chi connectivity index (χ2v) is 5.98. The van der Waals surface area contributed by atoms with Crippen molar-refractivity contribution < 1.29 is 9.32 Å². The molecule has 0 bridgehead atoms. The van der Waals surface area contributed by atoms with Crippen LogP contribution in [0.1, 0.15) is 17.3 Å². The molecule has 0 spiro atoms. The second-order valence-electron chi connectivity index (χ2n) is 5.98. The molecule has 3 aromatic heterocycles. The highest BCUT2D eigenvalue weighted by Crippen LogP contribution is 2.12. The molecule has 0 aliphatic carbocycles. The van der Waals surface area contributed by atoms with Crippen LogP contribution in [0.2, 0.25) is 0 Å². The minimum absolute atomic E-state index is 0.149. The molecule has 1 N–H and O–H groups in total. The maximum absolute atomic E-state index is 12.2. The largest absolute Gasteiger partial charge is 0.347 e. The average Bonchev–Trinajstić information content (AvgIpc) is 3.37. The van der Waals surface area contributed by atoms with Crippen LogP contribution >= 0.6 is 0 Å². The van der Waals surface area contributed by atoms with Gasteiger partial charge in [-0.2, -0.15) is 9.67 Å². The number of tetrazole rings is 1. The van der Waals surface area contributed by atoms with E-state index in [1.807, 2.05) is 37.3 Å². The molecule has 1 aromatic carbocycles. The minimum Gasteiger partial charge on any atom is -0.347 e. The van der Waals surface area contributed by atoms with Gasteiger partial charge in [0.1, 0.15) is 5.69 Å². The van der Waals surface area contributed by atoms with Crippen molar-refractivity contribution in [2.24, 2.45) is 0 Å². The molecule has 3 heterocycles. The molecule has 4 rings (SSSR count). The fourth-order valence-corrected chi connectivity index (χ4v) is 2.57. The highest BCUT2D eigenvalue weighted by molar-refractivity contribution is 5.78. The normalized spacial score (nSPS) is 10.8. The lowest BCUT2D eigenvalue weighted by Crippen LogP contribution is -2.24. The minimum atomic E-state index is -0.149. The number of hydrogen-bond donors (Lipinski definition) is 1. The van der Waals surface area contributed by atoms with Gasteiger partial charge in [-0.05, 0) is 47.2 Å². The molecule has 0 atom stereocenters. The van der Waals surface area contributed by atoms with E-state index in [0.717, 1.165) is 11.3 Å². The fourth-order valence-electron chi connectivity index (χ4n) is 2.57. The number of hydrogen-bond acceptors (Lipinski definition) is 8. The topological polar surface area (TPSA) is 125 Å². The lowest BCUT2D eigenvalue weighted by molar-refractivity contribution is -0.120. The van der Waals surface area contributed by atoms with Gasteiger partial charge in [0, 0.05) is 6.20 Å². The first kappa shape index (κ1) is 17.5. The number of carbonyl (C=O) groups is 1. The zero-order chi connectivity index (χ0) is 19.3. The van der Waals surface area contributed by atoms with E-state index in [2.05, 4.69) is 36.0 Å². The SMILES string of the molecule is Cc1nnnn1-c1ccc(CC(=O)NCc2nc(-c3ccccn3)no2)cc1. The molecule has 1 amide bonds. The Morgan fingerprint density at radius 2 is 2.04 bits per heavy atom. The molecule has 0 saturated carbocycles. The van der Waals surface area contributed by atoms with E-state index in [4.69, 9.17) is 4.52 Å². The van der Waals surface area contributed by atoms with Crippen molar-refractivity contribution in [3.8, 4) is 17.2 Å². The highest BCUT2D eigenvalue weighted by Gasteiger charge is 2.11. The zero-order valence-electron chi connectivity index (χ0n) is 15.0. The summed E-state index contributed by atoms with van der Waals surface area (Å²) in [6.45, 7) is 1.97. The first-order chi connectivity index (χ1) is 13.7. The molecule has 140 valence electrons. The maximum Gasteiger partial charge on any atom is 0.246 e. The molecule has 10 heteroatoms. The van der Waals surface area contributed by atoms with Gasteiger partial charge in [-0.25, -0.2) is 0 Å². The summed E-state index contributed by atoms with van der Waals surface area (Å²) < 4.78 is 6.77. The third-order valence-electron chi connectivity index (χ3n) is 3.97. The fraction of sp³-hybridized carbons (Fsp3) is 0.167. The van der Waals surface area contributed by atoms with Crippen LogP contribution in [0.5, 0.6) is 0 Å². The molecule has 0 fully saturated rings. The predicted octanol–water partition coefficient (Wildman–Crippen LogP) is 1.27. The number of pyridine rings is 1. The van der Waals surface area contributed by atoms with E-state index in [1.165, 1.54) is 0 Å². The third kappa shape index (κ3) is 3.90. The molecule has 0 aliphatic heterocycles. The number of nitrogens with zero attached hydrogens (tertiary/aromatic N) is 7. The molecule has 0 unspecified atom stereocenters. The van der Waals surface area contributed by atoms with Crippen LogP contribution in [0.25, 0.3) is 17.2 Å². The van der Waals surface area contributed by atoms with Gasteiger partial charge in [0.2, 0.25) is 17.6 Å². The Hall–Kier alpha value is -3.95. The van der Waals surface area contributed by atoms with Crippen LogP contribution in [-0.4, -0.2) is 41.2 Å². The van der Waals surface area contributed by atoms with E-state index < -0.39 is 0 Å². The van der Waals surface area contributed by atoms with E-state index in [1.54, 1.807) is 23.0 Å². The van der Waals surface area contributed by atoms with Crippen molar-refractivity contribution in [3.63, 3.8) is 0 Å². The van der Waals surface area contributed by atoms with Crippen LogP contribution in [-0.2, 0) is 17.8 Å². The lowest BCUT2D eigenvalue weighted by atomic mass is 10.1. The molecule has 28 heavy (non-hydrogen) atoms. The van der Waals surface area contributed by atoms with Crippen molar-refractivity contribution in [2.75, 3.05) is 0 Å². The first-order valence-corrected chi connectivity index (χ1v) is 8.54. The summed E-state index contributed by atoms with van der Waals surface area (Å²) >= 11 is 0. The summed E-state index contributed by atoms with van der Waals surface area (Å²) in [5, 5.41) is 18.0. The molecule has 0 saturated heterocycles. The van der Waals surface area contributed by atoms with Crippen LogP contribution in [0.15, 0.2) is 53.2 Å². The third-order valence-corrected chi connectivity index (χ3v) is 3.97. The summed E-state index contributed by atoms with van der Waals surface area (Å²) in [5.74, 6) is 1.25. The Bertz CT molecular complexity index is 1070. The van der Waals surface area contributed by atoms with Crippen molar-refractivity contribution in [1.29, 1.82) is 0 Å². The van der Waals surface area contributed by atoms with Crippen molar-refractivity contribution in [3.05, 3.63) is 65.9 Å². The summed E-state index contributed by atoms with van der Waals surface area (Å²) in [6, 6.07) is 12.9. The standard InChI is InChI=1S/C18H16N8O2/c1-12-22-24-25-26(12)14-7-5-13(6-8-14)10-16(27)20-11-17-21-18(23-28-17)15-4-2-3-9-19-15/h2-9H,10-11H2,1H3,(H,20,27). The number of nitrogens with one attached hydrogen (secondary N) is 1. The Morgan fingerprint density at radius 1 is 1.18 bits per heavy atom. The Kier molecular flexibility index (Phi) is 4.83. The average molecular weight is 376 g/mol. The van der Waals surface area contributed by atoms with Gasteiger partial charge in [0.05, 0.1) is 18.7 Å². The van der Waals surface area contributed by atoms with Crippen LogP contribution in [0.3, 0.4) is 0 Å². The van der Waals surface area contributed by atoms with Crippen LogP contribution in [0, 0.1) is 6.92 Å². The highest BCUT2D eigenvalue weighted by atomic mass is 16.5. The van der Waals surface area contributed by atoms with E-state index in [0.29, 0.717) is 23.2 Å². The zero-order valence-corrected chi connectivity index (χ0v) is 15.0. The molecule has 10 nitrogen and oxygen atoms in total. The van der Waals surface area contributed by atoms with Crippen molar-refractivity contribution in [2.45, 2.75) is 19.9 Å². The number of carbonyl (C=O) groups excluding carboxylic acids is 1.